The molecule has 0 aromatic carbocycles. The molecule has 1 saturated carbocycles. The second-order valence-electron chi connectivity index (χ2n) is 9.67. The monoisotopic (exact) mass is 518 g/mol. The lowest BCUT2D eigenvalue weighted by atomic mass is 9.80. The van der Waals surface area contributed by atoms with Gasteiger partial charge in [-0.1, -0.05) is 11.6 Å². The summed E-state index contributed by atoms with van der Waals surface area (Å²) in [5, 5.41) is 19.9. The lowest BCUT2D eigenvalue weighted by Crippen LogP contribution is -2.25. The minimum absolute atomic E-state index is 0.254. The lowest BCUT2D eigenvalue weighted by Gasteiger charge is -2.24. The number of halogens is 2. The molecule has 13 heteroatoms. The van der Waals surface area contributed by atoms with E-state index >= 15 is 0 Å². The van der Waals surface area contributed by atoms with Gasteiger partial charge in [0, 0.05) is 35.0 Å². The predicted octanol–water partition coefficient (Wildman–Crippen LogP) is 3.46. The fraction of sp³-hybridized carbons (Fsp3) is 0.292. The van der Waals surface area contributed by atoms with Crippen LogP contribution in [-0.2, 0) is 10.2 Å². The highest BCUT2D eigenvalue weighted by Gasteiger charge is 2.48. The largest absolute Gasteiger partial charge is 0.324 e. The molecule has 5 heterocycles. The van der Waals surface area contributed by atoms with E-state index in [0.717, 1.165) is 24.1 Å². The zero-order valence-electron chi connectivity index (χ0n) is 19.6. The third kappa shape index (κ3) is 3.50. The molecule has 2 aliphatic rings. The first kappa shape index (κ1) is 22.0. The number of amides is 1. The second kappa shape index (κ2) is 7.90. The molecular formula is C24H20ClFN10O. The fourth-order valence-electron chi connectivity index (χ4n) is 5.19. The van der Waals surface area contributed by atoms with E-state index in [-0.39, 0.29) is 10.9 Å². The minimum atomic E-state index is -0.643. The summed E-state index contributed by atoms with van der Waals surface area (Å²) in [6, 6.07) is 3.30. The SMILES string of the molecule is C[C@@]1(c2cnn(C3CC3)c2)C[C@@H](C(=O)Nc2cnc(-n3nccn3)c(Cl)c2)c2cnc3cc(F)nn3c21. The molecular weight excluding hydrogens is 499 g/mol. The van der Waals surface area contributed by atoms with Gasteiger partial charge in [0.2, 0.25) is 11.9 Å². The highest BCUT2D eigenvalue weighted by atomic mass is 35.5. The van der Waals surface area contributed by atoms with Crippen molar-refractivity contribution in [2.75, 3.05) is 5.32 Å². The molecule has 11 nitrogen and oxygen atoms in total. The average Bonchev–Trinajstić information content (AvgIpc) is 3.26. The van der Waals surface area contributed by atoms with E-state index in [1.165, 1.54) is 34.0 Å². The maximum Gasteiger partial charge on any atom is 0.235 e. The van der Waals surface area contributed by atoms with Crippen molar-refractivity contribution < 1.29 is 9.18 Å². The molecule has 186 valence electrons. The Morgan fingerprint density at radius 1 is 1.14 bits per heavy atom. The number of carbonyl (C=O) groups excluding carboxylic acids is 1. The fourth-order valence-corrected chi connectivity index (χ4v) is 5.43. The van der Waals surface area contributed by atoms with E-state index in [1.54, 1.807) is 12.3 Å². The van der Waals surface area contributed by atoms with E-state index in [0.29, 0.717) is 35.2 Å². The van der Waals surface area contributed by atoms with Gasteiger partial charge in [-0.05, 0) is 32.3 Å². The van der Waals surface area contributed by atoms with Crippen LogP contribution in [0.15, 0.2) is 49.3 Å². The Hall–Kier alpha value is -4.19. The Kier molecular flexibility index (Phi) is 4.71. The van der Waals surface area contributed by atoms with Gasteiger partial charge in [0.05, 0.1) is 53.2 Å². The van der Waals surface area contributed by atoms with Crippen LogP contribution in [0.2, 0.25) is 5.02 Å². The summed E-state index contributed by atoms with van der Waals surface area (Å²) in [6.45, 7) is 2.04. The summed E-state index contributed by atoms with van der Waals surface area (Å²) in [6.07, 6.45) is 12.7. The van der Waals surface area contributed by atoms with Gasteiger partial charge in [-0.15, -0.1) is 9.90 Å². The van der Waals surface area contributed by atoms with E-state index in [2.05, 4.69) is 35.7 Å². The van der Waals surface area contributed by atoms with Crippen molar-refractivity contribution in [3.63, 3.8) is 0 Å². The Bertz CT molecular complexity index is 1670. The summed E-state index contributed by atoms with van der Waals surface area (Å²) < 4.78 is 17.7. The van der Waals surface area contributed by atoms with Gasteiger partial charge < -0.3 is 5.32 Å². The number of fused-ring (bicyclic) bond motifs is 3. The minimum Gasteiger partial charge on any atom is -0.324 e. The lowest BCUT2D eigenvalue weighted by molar-refractivity contribution is -0.117. The molecule has 5 aromatic heterocycles. The summed E-state index contributed by atoms with van der Waals surface area (Å²) >= 11 is 6.39. The molecule has 0 spiro atoms. The van der Waals surface area contributed by atoms with Crippen LogP contribution in [0.5, 0.6) is 0 Å². The topological polar surface area (TPSA) is 121 Å². The molecule has 5 aromatic rings. The molecule has 0 bridgehead atoms. The quantitative estimate of drug-likeness (QED) is 0.378. The first-order valence-electron chi connectivity index (χ1n) is 11.8. The van der Waals surface area contributed by atoms with E-state index in [1.807, 2.05) is 24.0 Å². The normalized spacial score (nSPS) is 20.9. The van der Waals surface area contributed by atoms with Crippen molar-refractivity contribution in [3.8, 4) is 5.82 Å². The number of aromatic nitrogens is 9. The molecule has 1 N–H and O–H groups in total. The van der Waals surface area contributed by atoms with Crippen molar-refractivity contribution in [2.45, 2.75) is 43.6 Å². The molecule has 0 unspecified atom stereocenters. The van der Waals surface area contributed by atoms with Crippen molar-refractivity contribution in [2.24, 2.45) is 0 Å². The third-order valence-corrected chi connectivity index (χ3v) is 7.44. The average molecular weight is 519 g/mol. The van der Waals surface area contributed by atoms with Gasteiger partial charge in [0.25, 0.3) is 0 Å². The van der Waals surface area contributed by atoms with Crippen LogP contribution in [0.3, 0.4) is 0 Å². The van der Waals surface area contributed by atoms with Crippen LogP contribution in [0.25, 0.3) is 11.5 Å². The van der Waals surface area contributed by atoms with Gasteiger partial charge >= 0.3 is 0 Å². The van der Waals surface area contributed by atoms with Gasteiger partial charge in [-0.2, -0.15) is 19.7 Å². The molecule has 0 radical (unpaired) electrons. The standard InChI is InChI=1S/C24H20ClFN10O/c1-24(13-9-31-34(12-13)15-2-3-15)8-16(17-11-27-20-7-19(26)33-35(20)21(17)24)23(37)32-14-6-18(25)22(28-10-14)36-29-4-5-30-36/h4-7,9-12,15-16H,2-3,8H2,1H3,(H,32,37)/t16-,24+/m1/s1. The van der Waals surface area contributed by atoms with Crippen molar-refractivity contribution in [3.05, 3.63) is 77.1 Å². The van der Waals surface area contributed by atoms with E-state index < -0.39 is 17.3 Å². The van der Waals surface area contributed by atoms with Gasteiger partial charge in [-0.3, -0.25) is 9.48 Å². The number of anilines is 1. The van der Waals surface area contributed by atoms with Crippen molar-refractivity contribution in [1.29, 1.82) is 0 Å². The van der Waals surface area contributed by atoms with Gasteiger partial charge in [0.1, 0.15) is 0 Å². The van der Waals surface area contributed by atoms with E-state index in [4.69, 9.17) is 11.6 Å². The number of hydrogen-bond donors (Lipinski definition) is 1. The highest BCUT2D eigenvalue weighted by molar-refractivity contribution is 6.32. The van der Waals surface area contributed by atoms with Crippen LogP contribution >= 0.6 is 11.6 Å². The molecule has 2 aliphatic carbocycles. The number of carbonyl (C=O) groups is 1. The van der Waals surface area contributed by atoms with Crippen LogP contribution < -0.4 is 5.32 Å². The number of pyridine rings is 1. The first-order valence-corrected chi connectivity index (χ1v) is 12.2. The molecule has 0 saturated heterocycles. The second-order valence-corrected chi connectivity index (χ2v) is 10.1. The predicted molar refractivity (Wildman–Crippen MR) is 130 cm³/mol. The van der Waals surface area contributed by atoms with Crippen LogP contribution in [0, 0.1) is 5.95 Å². The first-order chi connectivity index (χ1) is 17.9. The summed E-state index contributed by atoms with van der Waals surface area (Å²) in [7, 11) is 0. The Morgan fingerprint density at radius 2 is 1.95 bits per heavy atom. The molecule has 0 aliphatic heterocycles. The third-order valence-electron chi connectivity index (χ3n) is 7.17. The van der Waals surface area contributed by atoms with Crippen LogP contribution in [-0.4, -0.2) is 50.3 Å². The zero-order valence-corrected chi connectivity index (χ0v) is 20.3. The number of nitrogens with one attached hydrogen (secondary N) is 1. The molecule has 7 rings (SSSR count). The Morgan fingerprint density at radius 3 is 2.70 bits per heavy atom. The number of hydrogen-bond acceptors (Lipinski definition) is 7. The number of nitrogens with zero attached hydrogens (tertiary/aromatic N) is 9. The zero-order chi connectivity index (χ0) is 25.3. The van der Waals surface area contributed by atoms with Crippen molar-refractivity contribution >= 4 is 28.8 Å². The Balaban J connectivity index is 1.26. The molecule has 1 amide bonds. The molecule has 2 atom stereocenters. The molecule has 1 fully saturated rings. The maximum atomic E-state index is 14.2. The summed E-state index contributed by atoms with van der Waals surface area (Å²) in [5.41, 5.74) is 2.54. The van der Waals surface area contributed by atoms with Crippen LogP contribution in [0.4, 0.5) is 10.1 Å². The van der Waals surface area contributed by atoms with Crippen LogP contribution in [0.1, 0.15) is 55.0 Å². The van der Waals surface area contributed by atoms with Gasteiger partial charge in [0.15, 0.2) is 11.5 Å². The molecule has 37 heavy (non-hydrogen) atoms. The van der Waals surface area contributed by atoms with Gasteiger partial charge in [-0.25, -0.2) is 14.5 Å². The smallest absolute Gasteiger partial charge is 0.235 e. The number of rotatable bonds is 5. The highest BCUT2D eigenvalue weighted by Crippen LogP contribution is 2.50. The summed E-state index contributed by atoms with van der Waals surface area (Å²) in [4.78, 5) is 23.6. The maximum absolute atomic E-state index is 14.2. The Labute approximate surface area is 214 Å². The van der Waals surface area contributed by atoms with Crippen molar-refractivity contribution in [1.82, 2.24) is 44.4 Å². The van der Waals surface area contributed by atoms with E-state index in [9.17, 15) is 9.18 Å². The summed E-state index contributed by atoms with van der Waals surface area (Å²) in [5.74, 6) is -1.10.